The molecule has 0 aromatic carbocycles. The van der Waals surface area contributed by atoms with E-state index in [1.807, 2.05) is 6.07 Å². The maximum Gasteiger partial charge on any atom is 0.244 e. The number of sulfonamides is 1. The number of amides is 1. The molecule has 106 valence electrons. The molecule has 2 rings (SSSR count). The van der Waals surface area contributed by atoms with Crippen molar-refractivity contribution in [3.8, 4) is 6.07 Å². The van der Waals surface area contributed by atoms with Crippen LogP contribution in [0.15, 0.2) is 23.2 Å². The topological polar surface area (TPSA) is 94.4 Å². The molecule has 0 spiro atoms. The Hall–Kier alpha value is -1.98. The maximum absolute atomic E-state index is 12.4. The van der Waals surface area contributed by atoms with Gasteiger partial charge in [-0.25, -0.2) is 13.4 Å². The molecule has 8 heteroatoms. The minimum atomic E-state index is -3.61. The van der Waals surface area contributed by atoms with E-state index in [0.717, 1.165) is 0 Å². The van der Waals surface area contributed by atoms with E-state index < -0.39 is 10.0 Å². The number of pyridine rings is 1. The van der Waals surface area contributed by atoms with Gasteiger partial charge in [0, 0.05) is 39.3 Å². The van der Waals surface area contributed by atoms with Gasteiger partial charge in [-0.2, -0.15) is 9.57 Å². The van der Waals surface area contributed by atoms with Gasteiger partial charge in [0.1, 0.15) is 16.7 Å². The van der Waals surface area contributed by atoms with Crippen LogP contribution in [0.25, 0.3) is 0 Å². The average Bonchev–Trinajstić information content (AvgIpc) is 2.47. The number of nitrogens with zero attached hydrogens (tertiary/aromatic N) is 4. The molecule has 1 aliphatic heterocycles. The van der Waals surface area contributed by atoms with Gasteiger partial charge in [0.2, 0.25) is 15.9 Å². The molecule has 1 fully saturated rings. The predicted octanol–water partition coefficient (Wildman–Crippen LogP) is -0.194. The van der Waals surface area contributed by atoms with Crippen molar-refractivity contribution in [3.63, 3.8) is 0 Å². The van der Waals surface area contributed by atoms with Gasteiger partial charge >= 0.3 is 0 Å². The number of aromatic nitrogens is 1. The van der Waals surface area contributed by atoms with E-state index in [9.17, 15) is 13.2 Å². The van der Waals surface area contributed by atoms with Gasteiger partial charge in [0.05, 0.1) is 0 Å². The predicted molar refractivity (Wildman–Crippen MR) is 70.0 cm³/mol. The zero-order valence-corrected chi connectivity index (χ0v) is 11.8. The summed E-state index contributed by atoms with van der Waals surface area (Å²) in [5.41, 5.74) is 0.172. The third kappa shape index (κ3) is 2.79. The quantitative estimate of drug-likeness (QED) is 0.753. The number of carbonyl (C=O) groups excluding carboxylic acids is 1. The van der Waals surface area contributed by atoms with Crippen LogP contribution in [-0.4, -0.2) is 54.7 Å². The highest BCUT2D eigenvalue weighted by atomic mass is 32.2. The van der Waals surface area contributed by atoms with Gasteiger partial charge in [-0.1, -0.05) is 0 Å². The molecule has 0 N–H and O–H groups in total. The normalized spacial score (nSPS) is 16.7. The zero-order valence-electron chi connectivity index (χ0n) is 11.0. The van der Waals surface area contributed by atoms with Crippen LogP contribution in [0.5, 0.6) is 0 Å². The summed E-state index contributed by atoms with van der Waals surface area (Å²) in [6.45, 7) is 2.77. The van der Waals surface area contributed by atoms with E-state index in [0.29, 0.717) is 13.1 Å². The van der Waals surface area contributed by atoms with Crippen molar-refractivity contribution in [2.45, 2.75) is 11.8 Å². The molecule has 7 nitrogen and oxygen atoms in total. The Bertz CT molecular complexity index is 640. The Morgan fingerprint density at radius 2 is 1.95 bits per heavy atom. The first-order valence-corrected chi connectivity index (χ1v) is 7.51. The van der Waals surface area contributed by atoms with Gasteiger partial charge in [0.25, 0.3) is 0 Å². The molecular weight excluding hydrogens is 280 g/mol. The second-order valence-corrected chi connectivity index (χ2v) is 6.34. The summed E-state index contributed by atoms with van der Waals surface area (Å²) in [6.07, 6.45) is 1.19. The Labute approximate surface area is 117 Å². The summed E-state index contributed by atoms with van der Waals surface area (Å²) in [6, 6.07) is 4.59. The van der Waals surface area contributed by atoms with E-state index in [-0.39, 0.29) is 29.6 Å². The van der Waals surface area contributed by atoms with Crippen molar-refractivity contribution in [2.24, 2.45) is 0 Å². The molecule has 1 aliphatic rings. The fourth-order valence-corrected chi connectivity index (χ4v) is 3.36. The Kier molecular flexibility index (Phi) is 4.01. The van der Waals surface area contributed by atoms with E-state index >= 15 is 0 Å². The summed E-state index contributed by atoms with van der Waals surface area (Å²) >= 11 is 0. The number of rotatable bonds is 2. The number of hydrogen-bond donors (Lipinski definition) is 0. The van der Waals surface area contributed by atoms with Crippen LogP contribution in [0.4, 0.5) is 0 Å². The van der Waals surface area contributed by atoms with Crippen molar-refractivity contribution in [2.75, 3.05) is 26.2 Å². The summed E-state index contributed by atoms with van der Waals surface area (Å²) < 4.78 is 26.1. The van der Waals surface area contributed by atoms with E-state index in [1.54, 1.807) is 4.90 Å². The molecule has 0 radical (unpaired) electrons. The van der Waals surface area contributed by atoms with Crippen LogP contribution in [0.3, 0.4) is 0 Å². The van der Waals surface area contributed by atoms with Crippen LogP contribution in [0.1, 0.15) is 12.6 Å². The lowest BCUT2D eigenvalue weighted by Crippen LogP contribution is -2.49. The van der Waals surface area contributed by atoms with E-state index in [1.165, 1.54) is 29.6 Å². The van der Waals surface area contributed by atoms with Crippen molar-refractivity contribution < 1.29 is 13.2 Å². The minimum absolute atomic E-state index is 0.0536. The molecule has 0 aliphatic carbocycles. The third-order valence-electron chi connectivity index (χ3n) is 3.17. The molecule has 2 heterocycles. The lowest BCUT2D eigenvalue weighted by atomic mass is 10.3. The van der Waals surface area contributed by atoms with Crippen molar-refractivity contribution in [3.05, 3.63) is 24.0 Å². The van der Waals surface area contributed by atoms with Crippen LogP contribution in [0, 0.1) is 11.3 Å². The highest BCUT2D eigenvalue weighted by Gasteiger charge is 2.29. The Morgan fingerprint density at radius 1 is 1.30 bits per heavy atom. The van der Waals surface area contributed by atoms with Crippen LogP contribution in [0.2, 0.25) is 0 Å². The molecule has 0 atom stereocenters. The molecule has 1 amide bonds. The molecule has 0 unspecified atom stereocenters. The highest BCUT2D eigenvalue weighted by molar-refractivity contribution is 7.89. The van der Waals surface area contributed by atoms with Crippen LogP contribution in [-0.2, 0) is 14.8 Å². The second-order valence-electron chi connectivity index (χ2n) is 4.40. The maximum atomic E-state index is 12.4. The van der Waals surface area contributed by atoms with E-state index in [2.05, 4.69) is 4.98 Å². The molecule has 1 aromatic heterocycles. The Morgan fingerprint density at radius 3 is 2.40 bits per heavy atom. The summed E-state index contributed by atoms with van der Waals surface area (Å²) in [7, 11) is -3.61. The average molecular weight is 294 g/mol. The van der Waals surface area contributed by atoms with Crippen molar-refractivity contribution >= 4 is 15.9 Å². The first kappa shape index (κ1) is 14.4. The molecule has 0 saturated carbocycles. The highest BCUT2D eigenvalue weighted by Crippen LogP contribution is 2.17. The van der Waals surface area contributed by atoms with Gasteiger partial charge in [-0.3, -0.25) is 4.79 Å². The lowest BCUT2D eigenvalue weighted by Gasteiger charge is -2.33. The summed E-state index contributed by atoms with van der Waals surface area (Å²) in [4.78, 5) is 16.7. The molecule has 20 heavy (non-hydrogen) atoms. The fraction of sp³-hybridized carbons (Fsp3) is 0.417. The molecule has 0 bridgehead atoms. The Balaban J connectivity index is 2.15. The first-order valence-electron chi connectivity index (χ1n) is 6.07. The first-order chi connectivity index (χ1) is 9.45. The van der Waals surface area contributed by atoms with Crippen LogP contribution < -0.4 is 0 Å². The van der Waals surface area contributed by atoms with Crippen molar-refractivity contribution in [1.82, 2.24) is 14.2 Å². The number of carbonyl (C=O) groups is 1. The second kappa shape index (κ2) is 5.56. The van der Waals surface area contributed by atoms with Gasteiger partial charge in [0.15, 0.2) is 0 Å². The standard InChI is InChI=1S/C12H14N4O3S/c1-10(17)15-4-6-16(7-5-15)20(18,19)12-3-2-11(8-13)14-9-12/h2-3,9H,4-7H2,1H3. The number of hydrogen-bond acceptors (Lipinski definition) is 5. The zero-order chi connectivity index (χ0) is 14.8. The smallest absolute Gasteiger partial charge is 0.244 e. The van der Waals surface area contributed by atoms with Gasteiger partial charge < -0.3 is 4.90 Å². The summed E-state index contributed by atoms with van der Waals surface area (Å²) in [5, 5.41) is 8.65. The third-order valence-corrected chi connectivity index (χ3v) is 5.05. The minimum Gasteiger partial charge on any atom is -0.340 e. The number of piperazine rings is 1. The molecule has 1 aromatic rings. The largest absolute Gasteiger partial charge is 0.340 e. The molecule has 1 saturated heterocycles. The lowest BCUT2D eigenvalue weighted by molar-refractivity contribution is -0.129. The van der Waals surface area contributed by atoms with Gasteiger partial charge in [-0.05, 0) is 12.1 Å². The van der Waals surface area contributed by atoms with Crippen LogP contribution >= 0.6 is 0 Å². The SMILES string of the molecule is CC(=O)N1CCN(S(=O)(=O)c2ccc(C#N)nc2)CC1. The molecular formula is C12H14N4O3S. The van der Waals surface area contributed by atoms with Gasteiger partial charge in [-0.15, -0.1) is 0 Å². The number of nitriles is 1. The fourth-order valence-electron chi connectivity index (χ4n) is 1.99. The van der Waals surface area contributed by atoms with Crippen molar-refractivity contribution in [1.29, 1.82) is 5.26 Å². The van der Waals surface area contributed by atoms with E-state index in [4.69, 9.17) is 5.26 Å². The monoisotopic (exact) mass is 294 g/mol. The summed E-state index contributed by atoms with van der Waals surface area (Å²) in [5.74, 6) is -0.0536.